The molecule has 0 aromatic heterocycles. The van der Waals surface area contributed by atoms with Crippen LogP contribution in [0.15, 0.2) is 0 Å². The van der Waals surface area contributed by atoms with Gasteiger partial charge in [-0.1, -0.05) is 25.7 Å². The quantitative estimate of drug-likeness (QED) is 0.759. The van der Waals surface area contributed by atoms with E-state index in [1.165, 1.54) is 38.5 Å². The van der Waals surface area contributed by atoms with Gasteiger partial charge in [-0.15, -0.1) is 0 Å². The van der Waals surface area contributed by atoms with E-state index < -0.39 is 0 Å². The molecule has 2 fully saturated rings. The molecule has 0 spiro atoms. The van der Waals surface area contributed by atoms with E-state index in [2.05, 4.69) is 29.6 Å². The second kappa shape index (κ2) is 6.71. The Morgan fingerprint density at radius 3 is 2.42 bits per heavy atom. The monoisotopic (exact) mass is 267 g/mol. The van der Waals surface area contributed by atoms with Gasteiger partial charge in [0, 0.05) is 12.1 Å². The van der Waals surface area contributed by atoms with Crippen LogP contribution in [0, 0.1) is 0 Å². The summed E-state index contributed by atoms with van der Waals surface area (Å²) in [6.07, 6.45) is 9.78. The molecule has 110 valence electrons. The van der Waals surface area contributed by atoms with Crippen molar-refractivity contribution < 1.29 is 4.79 Å². The minimum Gasteiger partial charge on any atom is -0.353 e. The second-order valence-electron chi connectivity index (χ2n) is 6.40. The average molecular weight is 267 g/mol. The van der Waals surface area contributed by atoms with Crippen LogP contribution in [0.5, 0.6) is 0 Å². The summed E-state index contributed by atoms with van der Waals surface area (Å²) in [4.78, 5) is 14.5. The second-order valence-corrected chi connectivity index (χ2v) is 6.40. The minimum absolute atomic E-state index is 0.0463. The average Bonchev–Trinajstić information content (AvgIpc) is 2.82. The lowest BCUT2D eigenvalue weighted by atomic mass is 9.88. The largest absolute Gasteiger partial charge is 0.353 e. The van der Waals surface area contributed by atoms with Crippen molar-refractivity contribution in [2.45, 2.75) is 62.9 Å². The third-order valence-corrected chi connectivity index (χ3v) is 4.95. The summed E-state index contributed by atoms with van der Waals surface area (Å²) in [6, 6.07) is 0.0463. The van der Waals surface area contributed by atoms with E-state index >= 15 is 0 Å². The number of nitrogens with one attached hydrogen (secondary N) is 2. The summed E-state index contributed by atoms with van der Waals surface area (Å²) in [5.74, 6) is 0.197. The first kappa shape index (κ1) is 14.8. The molecule has 1 unspecified atom stereocenters. The molecule has 2 rings (SSSR count). The summed E-state index contributed by atoms with van der Waals surface area (Å²) in [7, 11) is 4.32. The lowest BCUT2D eigenvalue weighted by molar-refractivity contribution is -0.123. The van der Waals surface area contributed by atoms with Crippen molar-refractivity contribution in [2.24, 2.45) is 0 Å². The maximum atomic E-state index is 12.1. The number of rotatable bonds is 4. The van der Waals surface area contributed by atoms with Gasteiger partial charge in [0.15, 0.2) is 0 Å². The van der Waals surface area contributed by atoms with Crippen LogP contribution in [-0.4, -0.2) is 49.6 Å². The van der Waals surface area contributed by atoms with Gasteiger partial charge >= 0.3 is 0 Å². The fraction of sp³-hybridized carbons (Fsp3) is 0.933. The predicted octanol–water partition coefficient (Wildman–Crippen LogP) is 1.51. The zero-order valence-corrected chi connectivity index (χ0v) is 12.5. The molecule has 1 aliphatic heterocycles. The Balaban J connectivity index is 1.90. The first-order valence-electron chi connectivity index (χ1n) is 7.83. The van der Waals surface area contributed by atoms with E-state index in [-0.39, 0.29) is 17.5 Å². The van der Waals surface area contributed by atoms with Crippen LogP contribution < -0.4 is 10.6 Å². The fourth-order valence-corrected chi connectivity index (χ4v) is 3.45. The molecule has 0 radical (unpaired) electrons. The van der Waals surface area contributed by atoms with Gasteiger partial charge in [-0.3, -0.25) is 4.79 Å². The Labute approximate surface area is 117 Å². The molecule has 1 saturated heterocycles. The molecule has 1 amide bonds. The Morgan fingerprint density at radius 1 is 1.21 bits per heavy atom. The molecule has 2 aliphatic rings. The van der Waals surface area contributed by atoms with E-state index in [0.717, 1.165) is 25.9 Å². The Bertz CT molecular complexity index is 290. The molecule has 0 bridgehead atoms. The van der Waals surface area contributed by atoms with Crippen molar-refractivity contribution in [3.63, 3.8) is 0 Å². The molecule has 4 nitrogen and oxygen atoms in total. The fourth-order valence-electron chi connectivity index (χ4n) is 3.45. The van der Waals surface area contributed by atoms with Gasteiger partial charge < -0.3 is 15.5 Å². The topological polar surface area (TPSA) is 44.4 Å². The number of carbonyl (C=O) groups is 1. The number of likely N-dealkylation sites (N-methyl/N-ethyl adjacent to an activating group) is 1. The highest BCUT2D eigenvalue weighted by atomic mass is 16.2. The molecule has 1 saturated carbocycles. The standard InChI is InChI=1S/C15H29N3O/c1-18(2)15(9-5-3-4-6-10-15)12-17-14(19)13-8-7-11-16-13/h13,16H,3-12H2,1-2H3,(H,17,19). The molecule has 0 aromatic carbocycles. The van der Waals surface area contributed by atoms with Gasteiger partial charge in [-0.2, -0.15) is 0 Å². The Morgan fingerprint density at radius 2 is 1.89 bits per heavy atom. The highest BCUT2D eigenvalue weighted by Crippen LogP contribution is 2.30. The first-order chi connectivity index (χ1) is 9.14. The third-order valence-electron chi connectivity index (χ3n) is 4.95. The number of nitrogens with zero attached hydrogens (tertiary/aromatic N) is 1. The molecular formula is C15H29N3O. The van der Waals surface area contributed by atoms with Crippen molar-refractivity contribution in [2.75, 3.05) is 27.2 Å². The number of carbonyl (C=O) groups excluding carboxylic acids is 1. The molecule has 4 heteroatoms. The lowest BCUT2D eigenvalue weighted by Gasteiger charge is -2.40. The molecular weight excluding hydrogens is 238 g/mol. The van der Waals surface area contributed by atoms with Crippen LogP contribution in [0.25, 0.3) is 0 Å². The van der Waals surface area contributed by atoms with Crippen molar-refractivity contribution >= 4 is 5.91 Å². The Hall–Kier alpha value is -0.610. The zero-order chi connectivity index (χ0) is 13.7. The van der Waals surface area contributed by atoms with Crippen molar-refractivity contribution in [1.29, 1.82) is 0 Å². The van der Waals surface area contributed by atoms with Gasteiger partial charge in [-0.05, 0) is 46.3 Å². The number of hydrogen-bond acceptors (Lipinski definition) is 3. The highest BCUT2D eigenvalue weighted by Gasteiger charge is 2.34. The normalized spacial score (nSPS) is 27.2. The molecule has 0 aromatic rings. The molecule has 19 heavy (non-hydrogen) atoms. The van der Waals surface area contributed by atoms with Crippen molar-refractivity contribution in [1.82, 2.24) is 15.5 Å². The summed E-state index contributed by atoms with van der Waals surface area (Å²) < 4.78 is 0. The predicted molar refractivity (Wildman–Crippen MR) is 78.2 cm³/mol. The van der Waals surface area contributed by atoms with E-state index in [9.17, 15) is 4.79 Å². The Kier molecular flexibility index (Phi) is 5.22. The molecule has 1 aliphatic carbocycles. The number of hydrogen-bond donors (Lipinski definition) is 2. The van der Waals surface area contributed by atoms with Crippen LogP contribution in [-0.2, 0) is 4.79 Å². The third kappa shape index (κ3) is 3.69. The highest BCUT2D eigenvalue weighted by molar-refractivity contribution is 5.82. The zero-order valence-electron chi connectivity index (χ0n) is 12.5. The summed E-state index contributed by atoms with van der Waals surface area (Å²) in [5, 5.41) is 6.47. The summed E-state index contributed by atoms with van der Waals surface area (Å²) in [5.41, 5.74) is 0.171. The van der Waals surface area contributed by atoms with E-state index in [1.807, 2.05) is 0 Å². The molecule has 1 atom stereocenters. The SMILES string of the molecule is CN(C)C1(CNC(=O)C2CCCN2)CCCCCC1. The van der Waals surface area contributed by atoms with Gasteiger partial charge in [0.2, 0.25) is 5.91 Å². The van der Waals surface area contributed by atoms with Gasteiger partial charge in [-0.25, -0.2) is 0 Å². The van der Waals surface area contributed by atoms with Gasteiger partial charge in [0.05, 0.1) is 6.04 Å². The maximum Gasteiger partial charge on any atom is 0.237 e. The summed E-state index contributed by atoms with van der Waals surface area (Å²) >= 11 is 0. The van der Waals surface area contributed by atoms with E-state index in [4.69, 9.17) is 0 Å². The van der Waals surface area contributed by atoms with Crippen LogP contribution in [0.2, 0.25) is 0 Å². The van der Waals surface area contributed by atoms with Crippen LogP contribution in [0.4, 0.5) is 0 Å². The molecule has 1 heterocycles. The van der Waals surface area contributed by atoms with Crippen LogP contribution >= 0.6 is 0 Å². The summed E-state index contributed by atoms with van der Waals surface area (Å²) in [6.45, 7) is 1.79. The number of amides is 1. The van der Waals surface area contributed by atoms with Crippen LogP contribution in [0.3, 0.4) is 0 Å². The van der Waals surface area contributed by atoms with Gasteiger partial charge in [0.25, 0.3) is 0 Å². The van der Waals surface area contributed by atoms with E-state index in [0.29, 0.717) is 0 Å². The van der Waals surface area contributed by atoms with Crippen LogP contribution in [0.1, 0.15) is 51.4 Å². The maximum absolute atomic E-state index is 12.1. The molecule has 2 N–H and O–H groups in total. The first-order valence-corrected chi connectivity index (χ1v) is 7.83. The lowest BCUT2D eigenvalue weighted by Crippen LogP contribution is -2.54. The smallest absolute Gasteiger partial charge is 0.237 e. The van der Waals surface area contributed by atoms with E-state index in [1.54, 1.807) is 0 Å². The van der Waals surface area contributed by atoms with Crippen molar-refractivity contribution in [3.8, 4) is 0 Å². The minimum atomic E-state index is 0.0463. The van der Waals surface area contributed by atoms with Gasteiger partial charge in [0.1, 0.15) is 0 Å². The van der Waals surface area contributed by atoms with Crippen molar-refractivity contribution in [3.05, 3.63) is 0 Å².